The lowest BCUT2D eigenvalue weighted by Gasteiger charge is -2.41. The van der Waals surface area contributed by atoms with E-state index in [4.69, 9.17) is 5.73 Å². The SMILES string of the molecule is CCC(C)N1CCN(CCN)C(C)C1=O. The summed E-state index contributed by atoms with van der Waals surface area (Å²) in [4.78, 5) is 16.2. The molecule has 1 rings (SSSR count). The molecule has 1 heterocycles. The normalized spacial score (nSPS) is 25.7. The standard InChI is InChI=1S/C11H23N3O/c1-4-9(2)14-8-7-13(6-5-12)10(3)11(14)15/h9-10H,4-8,12H2,1-3H3. The highest BCUT2D eigenvalue weighted by atomic mass is 16.2. The number of hydrogen-bond acceptors (Lipinski definition) is 3. The van der Waals surface area contributed by atoms with Gasteiger partial charge in [0.25, 0.3) is 0 Å². The van der Waals surface area contributed by atoms with Crippen molar-refractivity contribution < 1.29 is 4.79 Å². The molecular weight excluding hydrogens is 190 g/mol. The summed E-state index contributed by atoms with van der Waals surface area (Å²) in [5.41, 5.74) is 5.52. The average Bonchev–Trinajstić information content (AvgIpc) is 2.24. The van der Waals surface area contributed by atoms with Crippen molar-refractivity contribution in [2.75, 3.05) is 26.2 Å². The maximum atomic E-state index is 12.1. The molecule has 0 aromatic rings. The lowest BCUT2D eigenvalue weighted by Crippen LogP contribution is -2.58. The lowest BCUT2D eigenvalue weighted by molar-refractivity contribution is -0.143. The van der Waals surface area contributed by atoms with Crippen molar-refractivity contribution in [3.63, 3.8) is 0 Å². The van der Waals surface area contributed by atoms with Crippen molar-refractivity contribution in [3.8, 4) is 0 Å². The van der Waals surface area contributed by atoms with Crippen LogP contribution in [0.2, 0.25) is 0 Å². The summed E-state index contributed by atoms with van der Waals surface area (Å²) in [6.07, 6.45) is 1.02. The van der Waals surface area contributed by atoms with Gasteiger partial charge in [0, 0.05) is 32.2 Å². The van der Waals surface area contributed by atoms with E-state index in [1.807, 2.05) is 11.8 Å². The lowest BCUT2D eigenvalue weighted by atomic mass is 10.1. The van der Waals surface area contributed by atoms with Crippen LogP contribution in [0.5, 0.6) is 0 Å². The first-order valence-corrected chi connectivity index (χ1v) is 5.86. The maximum absolute atomic E-state index is 12.1. The average molecular weight is 213 g/mol. The molecule has 15 heavy (non-hydrogen) atoms. The minimum atomic E-state index is -0.00343. The first-order valence-electron chi connectivity index (χ1n) is 5.86. The van der Waals surface area contributed by atoms with Crippen LogP contribution in [0.1, 0.15) is 27.2 Å². The molecule has 0 bridgehead atoms. The molecule has 2 atom stereocenters. The number of hydrogen-bond donors (Lipinski definition) is 1. The molecule has 1 saturated heterocycles. The second kappa shape index (κ2) is 5.47. The number of amides is 1. The second-order valence-electron chi connectivity index (χ2n) is 4.29. The third-order valence-corrected chi connectivity index (χ3v) is 3.36. The fraction of sp³-hybridized carbons (Fsp3) is 0.909. The zero-order valence-corrected chi connectivity index (χ0v) is 10.1. The predicted octanol–water partition coefficient (Wildman–Crippen LogP) is 0.276. The first-order chi connectivity index (χ1) is 7.11. The fourth-order valence-corrected chi connectivity index (χ4v) is 2.07. The zero-order chi connectivity index (χ0) is 11.4. The summed E-state index contributed by atoms with van der Waals surface area (Å²) < 4.78 is 0. The van der Waals surface area contributed by atoms with Crippen LogP contribution >= 0.6 is 0 Å². The molecule has 0 saturated carbocycles. The summed E-state index contributed by atoms with van der Waals surface area (Å²) in [5, 5.41) is 0. The van der Waals surface area contributed by atoms with Crippen LogP contribution in [-0.4, -0.2) is 54.0 Å². The Morgan fingerprint density at radius 3 is 2.73 bits per heavy atom. The van der Waals surface area contributed by atoms with Gasteiger partial charge in [0.15, 0.2) is 0 Å². The van der Waals surface area contributed by atoms with Gasteiger partial charge < -0.3 is 10.6 Å². The van der Waals surface area contributed by atoms with E-state index < -0.39 is 0 Å². The molecule has 88 valence electrons. The van der Waals surface area contributed by atoms with E-state index in [1.54, 1.807) is 0 Å². The van der Waals surface area contributed by atoms with E-state index in [-0.39, 0.29) is 11.9 Å². The van der Waals surface area contributed by atoms with Crippen LogP contribution in [-0.2, 0) is 4.79 Å². The minimum absolute atomic E-state index is 0.00343. The Kier molecular flexibility index (Phi) is 4.54. The third-order valence-electron chi connectivity index (χ3n) is 3.36. The van der Waals surface area contributed by atoms with Crippen molar-refractivity contribution >= 4 is 5.91 Å². The summed E-state index contributed by atoms with van der Waals surface area (Å²) in [6, 6.07) is 0.358. The Labute approximate surface area is 92.4 Å². The van der Waals surface area contributed by atoms with E-state index in [9.17, 15) is 4.79 Å². The molecule has 2 unspecified atom stereocenters. The van der Waals surface area contributed by atoms with Crippen LogP contribution in [0.4, 0.5) is 0 Å². The molecule has 1 fully saturated rings. The number of rotatable bonds is 4. The van der Waals surface area contributed by atoms with Gasteiger partial charge in [-0.25, -0.2) is 0 Å². The summed E-state index contributed by atoms with van der Waals surface area (Å²) in [6.45, 7) is 9.46. The molecule has 1 aliphatic rings. The van der Waals surface area contributed by atoms with Crippen molar-refractivity contribution in [2.24, 2.45) is 5.73 Å². The highest BCUT2D eigenvalue weighted by molar-refractivity contribution is 5.82. The van der Waals surface area contributed by atoms with E-state index in [0.717, 1.165) is 26.1 Å². The van der Waals surface area contributed by atoms with Gasteiger partial charge in [0.1, 0.15) is 0 Å². The van der Waals surface area contributed by atoms with Gasteiger partial charge in [-0.3, -0.25) is 9.69 Å². The van der Waals surface area contributed by atoms with Gasteiger partial charge in [-0.2, -0.15) is 0 Å². The van der Waals surface area contributed by atoms with Gasteiger partial charge in [-0.15, -0.1) is 0 Å². The van der Waals surface area contributed by atoms with Gasteiger partial charge in [-0.1, -0.05) is 6.92 Å². The van der Waals surface area contributed by atoms with Crippen molar-refractivity contribution in [2.45, 2.75) is 39.3 Å². The van der Waals surface area contributed by atoms with Crippen molar-refractivity contribution in [1.29, 1.82) is 0 Å². The number of piperazine rings is 1. The zero-order valence-electron chi connectivity index (χ0n) is 10.1. The fourth-order valence-electron chi connectivity index (χ4n) is 2.07. The van der Waals surface area contributed by atoms with Crippen molar-refractivity contribution in [3.05, 3.63) is 0 Å². The van der Waals surface area contributed by atoms with E-state index in [0.29, 0.717) is 12.6 Å². The molecule has 0 spiro atoms. The molecule has 0 aromatic heterocycles. The molecule has 1 amide bonds. The molecule has 4 heteroatoms. The number of carbonyl (C=O) groups excluding carboxylic acids is 1. The molecule has 0 aliphatic carbocycles. The Bertz CT molecular complexity index is 220. The molecule has 0 radical (unpaired) electrons. The molecule has 2 N–H and O–H groups in total. The minimum Gasteiger partial charge on any atom is -0.337 e. The van der Waals surface area contributed by atoms with Gasteiger partial charge >= 0.3 is 0 Å². The van der Waals surface area contributed by atoms with Crippen LogP contribution in [0.25, 0.3) is 0 Å². The highest BCUT2D eigenvalue weighted by Gasteiger charge is 2.32. The monoisotopic (exact) mass is 213 g/mol. The summed E-state index contributed by atoms with van der Waals surface area (Å²) >= 11 is 0. The number of carbonyl (C=O) groups is 1. The van der Waals surface area contributed by atoms with Crippen LogP contribution in [0.15, 0.2) is 0 Å². The van der Waals surface area contributed by atoms with Crippen LogP contribution in [0, 0.1) is 0 Å². The van der Waals surface area contributed by atoms with Gasteiger partial charge in [-0.05, 0) is 20.3 Å². The molecule has 0 aromatic carbocycles. The van der Waals surface area contributed by atoms with E-state index in [2.05, 4.69) is 18.7 Å². The Balaban J connectivity index is 2.60. The quantitative estimate of drug-likeness (QED) is 0.729. The van der Waals surface area contributed by atoms with Crippen LogP contribution < -0.4 is 5.73 Å². The topological polar surface area (TPSA) is 49.6 Å². The smallest absolute Gasteiger partial charge is 0.239 e. The Morgan fingerprint density at radius 1 is 1.53 bits per heavy atom. The largest absolute Gasteiger partial charge is 0.337 e. The number of nitrogens with zero attached hydrogens (tertiary/aromatic N) is 2. The molecule has 1 aliphatic heterocycles. The highest BCUT2D eigenvalue weighted by Crippen LogP contribution is 2.14. The predicted molar refractivity (Wildman–Crippen MR) is 61.6 cm³/mol. The van der Waals surface area contributed by atoms with E-state index in [1.165, 1.54) is 0 Å². The van der Waals surface area contributed by atoms with Gasteiger partial charge in [0.2, 0.25) is 5.91 Å². The summed E-state index contributed by atoms with van der Waals surface area (Å²) in [5.74, 6) is 0.254. The van der Waals surface area contributed by atoms with Crippen LogP contribution in [0.3, 0.4) is 0 Å². The summed E-state index contributed by atoms with van der Waals surface area (Å²) in [7, 11) is 0. The maximum Gasteiger partial charge on any atom is 0.239 e. The second-order valence-corrected chi connectivity index (χ2v) is 4.29. The third kappa shape index (κ3) is 2.69. The Morgan fingerprint density at radius 2 is 2.20 bits per heavy atom. The van der Waals surface area contributed by atoms with Gasteiger partial charge in [0.05, 0.1) is 6.04 Å². The molecular formula is C11H23N3O. The number of nitrogens with two attached hydrogens (primary N) is 1. The Hall–Kier alpha value is -0.610. The molecule has 4 nitrogen and oxygen atoms in total. The van der Waals surface area contributed by atoms with E-state index >= 15 is 0 Å². The van der Waals surface area contributed by atoms with Crippen molar-refractivity contribution in [1.82, 2.24) is 9.80 Å². The first kappa shape index (κ1) is 12.5.